The number of urea groups is 1. The van der Waals surface area contributed by atoms with Gasteiger partial charge in [0.25, 0.3) is 0 Å². The summed E-state index contributed by atoms with van der Waals surface area (Å²) in [5.74, 6) is 0.400. The van der Waals surface area contributed by atoms with Gasteiger partial charge in [-0.3, -0.25) is 0 Å². The maximum absolute atomic E-state index is 12.9. The van der Waals surface area contributed by atoms with E-state index in [0.717, 1.165) is 0 Å². The molecule has 2 amide bonds. The van der Waals surface area contributed by atoms with Gasteiger partial charge in [-0.25, -0.2) is 14.8 Å². The standard InChI is InChI=1S/C17H15F6N5O2/c18-16(19,20)10-5-11(17(21,22)23)7-12(6-10)26-15(29)27-13-8-24-14(25-9-13)28-1-3-30-4-2-28/h5-9H,1-4H2,(H2,26,27,29). The highest BCUT2D eigenvalue weighted by atomic mass is 19.4. The van der Waals surface area contributed by atoms with E-state index in [0.29, 0.717) is 44.4 Å². The van der Waals surface area contributed by atoms with Crippen molar-refractivity contribution in [3.05, 3.63) is 41.7 Å². The van der Waals surface area contributed by atoms with Crippen LogP contribution in [0.1, 0.15) is 11.1 Å². The molecule has 0 bridgehead atoms. The number of ether oxygens (including phenoxy) is 1. The number of nitrogens with one attached hydrogen (secondary N) is 2. The zero-order chi connectivity index (χ0) is 21.9. The van der Waals surface area contributed by atoms with Gasteiger partial charge in [0.2, 0.25) is 5.95 Å². The Hall–Kier alpha value is -3.09. The van der Waals surface area contributed by atoms with E-state index in [1.807, 2.05) is 10.2 Å². The lowest BCUT2D eigenvalue weighted by Gasteiger charge is -2.26. The normalized spacial score (nSPS) is 15.1. The summed E-state index contributed by atoms with van der Waals surface area (Å²) in [5.41, 5.74) is -3.63. The number of benzene rings is 1. The fraction of sp³-hybridized carbons (Fsp3) is 0.353. The molecule has 1 aromatic heterocycles. The van der Waals surface area contributed by atoms with Gasteiger partial charge in [0.1, 0.15) is 0 Å². The Morgan fingerprint density at radius 2 is 1.37 bits per heavy atom. The number of halogens is 6. The minimum absolute atomic E-state index is 0.0265. The highest BCUT2D eigenvalue weighted by Crippen LogP contribution is 2.37. The van der Waals surface area contributed by atoms with Crippen LogP contribution >= 0.6 is 0 Å². The summed E-state index contributed by atoms with van der Waals surface area (Å²) in [6.07, 6.45) is -7.50. The molecule has 1 fully saturated rings. The molecule has 1 aliphatic heterocycles. The molecule has 1 aliphatic rings. The van der Waals surface area contributed by atoms with E-state index in [4.69, 9.17) is 4.74 Å². The van der Waals surface area contributed by atoms with Crippen molar-refractivity contribution in [1.82, 2.24) is 9.97 Å². The number of morpholine rings is 1. The summed E-state index contributed by atoms with van der Waals surface area (Å²) < 4.78 is 82.5. The Bertz CT molecular complexity index is 863. The van der Waals surface area contributed by atoms with Crippen LogP contribution in [0.15, 0.2) is 30.6 Å². The van der Waals surface area contributed by atoms with Gasteiger partial charge in [-0.1, -0.05) is 0 Å². The SMILES string of the molecule is O=C(Nc1cnc(N2CCOCC2)nc1)Nc1cc(C(F)(F)F)cc(C(F)(F)F)c1. The number of amides is 2. The molecule has 162 valence electrons. The quantitative estimate of drug-likeness (QED) is 0.713. The first-order valence-corrected chi connectivity index (χ1v) is 8.54. The summed E-state index contributed by atoms with van der Waals surface area (Å²) in [4.78, 5) is 22.0. The molecular formula is C17H15F6N5O2. The zero-order valence-corrected chi connectivity index (χ0v) is 15.1. The highest BCUT2D eigenvalue weighted by Gasteiger charge is 2.37. The molecule has 0 aliphatic carbocycles. The second-order valence-corrected chi connectivity index (χ2v) is 6.24. The van der Waals surface area contributed by atoms with Crippen LogP contribution < -0.4 is 15.5 Å². The maximum Gasteiger partial charge on any atom is 0.416 e. The Kier molecular flexibility index (Phi) is 6.01. The van der Waals surface area contributed by atoms with E-state index in [-0.39, 0.29) is 11.8 Å². The number of carbonyl (C=O) groups excluding carboxylic acids is 1. The molecule has 7 nitrogen and oxygen atoms in total. The van der Waals surface area contributed by atoms with E-state index in [1.165, 1.54) is 12.4 Å². The summed E-state index contributed by atoms with van der Waals surface area (Å²) >= 11 is 0. The van der Waals surface area contributed by atoms with Gasteiger partial charge in [-0.2, -0.15) is 26.3 Å². The average Bonchev–Trinajstić information content (AvgIpc) is 2.67. The van der Waals surface area contributed by atoms with Crippen molar-refractivity contribution in [2.24, 2.45) is 0 Å². The van der Waals surface area contributed by atoms with Crippen LogP contribution in [-0.4, -0.2) is 42.3 Å². The van der Waals surface area contributed by atoms with Gasteiger partial charge < -0.3 is 20.3 Å². The first kappa shape index (κ1) is 21.6. The van der Waals surface area contributed by atoms with Crippen LogP contribution in [0.2, 0.25) is 0 Å². The Labute approximate surface area is 166 Å². The molecule has 0 atom stereocenters. The Balaban J connectivity index is 1.71. The van der Waals surface area contributed by atoms with Crippen LogP contribution in [0.4, 0.5) is 48.5 Å². The summed E-state index contributed by atoms with van der Waals surface area (Å²) in [6.45, 7) is 2.21. The molecule has 30 heavy (non-hydrogen) atoms. The lowest BCUT2D eigenvalue weighted by molar-refractivity contribution is -0.143. The smallest absolute Gasteiger partial charge is 0.378 e. The number of rotatable bonds is 3. The third-order valence-electron chi connectivity index (χ3n) is 4.04. The number of aromatic nitrogens is 2. The maximum atomic E-state index is 12.9. The molecule has 0 radical (unpaired) electrons. The molecule has 2 N–H and O–H groups in total. The lowest BCUT2D eigenvalue weighted by Crippen LogP contribution is -2.37. The number of alkyl halides is 6. The van der Waals surface area contributed by atoms with Crippen LogP contribution in [0, 0.1) is 0 Å². The topological polar surface area (TPSA) is 79.4 Å². The van der Waals surface area contributed by atoms with Crippen LogP contribution in [-0.2, 0) is 17.1 Å². The van der Waals surface area contributed by atoms with Crippen molar-refractivity contribution < 1.29 is 35.9 Å². The van der Waals surface area contributed by atoms with Gasteiger partial charge in [-0.05, 0) is 18.2 Å². The fourth-order valence-corrected chi connectivity index (χ4v) is 2.63. The first-order chi connectivity index (χ1) is 14.0. The molecule has 0 saturated carbocycles. The largest absolute Gasteiger partial charge is 0.416 e. The van der Waals surface area contributed by atoms with Crippen molar-refractivity contribution in [3.63, 3.8) is 0 Å². The van der Waals surface area contributed by atoms with Gasteiger partial charge in [0.15, 0.2) is 0 Å². The summed E-state index contributed by atoms with van der Waals surface area (Å²) in [6, 6.07) is -0.258. The van der Waals surface area contributed by atoms with Gasteiger partial charge >= 0.3 is 18.4 Å². The molecule has 13 heteroatoms. The lowest BCUT2D eigenvalue weighted by atomic mass is 10.1. The summed E-state index contributed by atoms with van der Waals surface area (Å²) in [7, 11) is 0. The van der Waals surface area contributed by atoms with Crippen LogP contribution in [0.3, 0.4) is 0 Å². The summed E-state index contributed by atoms with van der Waals surface area (Å²) in [5, 5.41) is 4.22. The molecule has 0 unspecified atom stereocenters. The number of carbonyl (C=O) groups is 1. The van der Waals surface area contributed by atoms with Crippen molar-refractivity contribution in [1.29, 1.82) is 0 Å². The average molecular weight is 435 g/mol. The number of nitrogens with zero attached hydrogens (tertiary/aromatic N) is 3. The van der Waals surface area contributed by atoms with E-state index in [1.54, 1.807) is 0 Å². The molecular weight excluding hydrogens is 420 g/mol. The minimum atomic E-state index is -5.02. The van der Waals surface area contributed by atoms with Crippen molar-refractivity contribution in [2.45, 2.75) is 12.4 Å². The van der Waals surface area contributed by atoms with Gasteiger partial charge in [0, 0.05) is 18.8 Å². The molecule has 2 heterocycles. The Morgan fingerprint density at radius 1 is 0.867 bits per heavy atom. The Morgan fingerprint density at radius 3 is 1.87 bits per heavy atom. The highest BCUT2D eigenvalue weighted by molar-refractivity contribution is 5.99. The molecule has 1 aromatic carbocycles. The predicted octanol–water partition coefficient (Wildman–Crippen LogP) is 3.99. The molecule has 0 spiro atoms. The fourth-order valence-electron chi connectivity index (χ4n) is 2.63. The second-order valence-electron chi connectivity index (χ2n) is 6.24. The van der Waals surface area contributed by atoms with Gasteiger partial charge in [0.05, 0.1) is 42.4 Å². The van der Waals surface area contributed by atoms with E-state index in [9.17, 15) is 31.1 Å². The van der Waals surface area contributed by atoms with Crippen molar-refractivity contribution in [3.8, 4) is 0 Å². The number of hydrogen-bond donors (Lipinski definition) is 2. The van der Waals surface area contributed by atoms with Crippen molar-refractivity contribution in [2.75, 3.05) is 41.8 Å². The van der Waals surface area contributed by atoms with E-state index >= 15 is 0 Å². The van der Waals surface area contributed by atoms with Crippen molar-refractivity contribution >= 4 is 23.4 Å². The van der Waals surface area contributed by atoms with Gasteiger partial charge in [-0.15, -0.1) is 0 Å². The van der Waals surface area contributed by atoms with Crippen LogP contribution in [0.25, 0.3) is 0 Å². The van der Waals surface area contributed by atoms with E-state index < -0.39 is 35.2 Å². The molecule has 1 saturated heterocycles. The monoisotopic (exact) mass is 435 g/mol. The second kappa shape index (κ2) is 8.34. The zero-order valence-electron chi connectivity index (χ0n) is 15.1. The third-order valence-corrected chi connectivity index (χ3v) is 4.04. The van der Waals surface area contributed by atoms with E-state index in [2.05, 4.69) is 15.3 Å². The van der Waals surface area contributed by atoms with Crippen LogP contribution in [0.5, 0.6) is 0 Å². The third kappa shape index (κ3) is 5.49. The first-order valence-electron chi connectivity index (χ1n) is 8.54. The predicted molar refractivity (Wildman–Crippen MR) is 94.2 cm³/mol. The number of hydrogen-bond acceptors (Lipinski definition) is 5. The molecule has 3 rings (SSSR count). The molecule has 2 aromatic rings. The number of anilines is 3. The minimum Gasteiger partial charge on any atom is -0.378 e.